The lowest BCUT2D eigenvalue weighted by Gasteiger charge is -2.37. The van der Waals surface area contributed by atoms with E-state index in [-0.39, 0.29) is 30.1 Å². The number of nitrogens with one attached hydrogen (secondary N) is 1. The van der Waals surface area contributed by atoms with Crippen molar-refractivity contribution in [3.8, 4) is 0 Å². The Bertz CT molecular complexity index is 1390. The Hall–Kier alpha value is -2.99. The average molecular weight is 482 g/mol. The summed E-state index contributed by atoms with van der Waals surface area (Å²) < 4.78 is 66.8. The van der Waals surface area contributed by atoms with E-state index in [4.69, 9.17) is 0 Å². The SMILES string of the molecule is C[C@@H](Nc1ncnc2c1cc(C1CN(S(C)(=O)=O)C1)c(=O)n2C)c1cccc(C(F)F)c1F. The number of rotatable bonds is 6. The largest absolute Gasteiger partial charge is 0.363 e. The topological polar surface area (TPSA) is 97.2 Å². The lowest BCUT2D eigenvalue weighted by molar-refractivity contribution is 0.146. The van der Waals surface area contributed by atoms with E-state index in [9.17, 15) is 26.4 Å². The fourth-order valence-corrected chi connectivity index (χ4v) is 4.86. The summed E-state index contributed by atoms with van der Waals surface area (Å²) in [5.74, 6) is -0.978. The van der Waals surface area contributed by atoms with Gasteiger partial charge in [-0.1, -0.05) is 18.2 Å². The molecule has 1 N–H and O–H groups in total. The molecule has 3 aromatic rings. The molecule has 0 amide bonds. The molecule has 4 rings (SSSR count). The third kappa shape index (κ3) is 4.20. The molecule has 0 spiro atoms. The molecule has 2 aromatic heterocycles. The Labute approximate surface area is 188 Å². The number of sulfonamides is 1. The third-order valence-electron chi connectivity index (χ3n) is 5.90. The van der Waals surface area contributed by atoms with Crippen molar-refractivity contribution in [3.05, 3.63) is 63.5 Å². The maximum absolute atomic E-state index is 14.6. The first-order chi connectivity index (χ1) is 15.5. The molecule has 1 aromatic carbocycles. The molecular weight excluding hydrogens is 459 g/mol. The fourth-order valence-electron chi connectivity index (χ4n) is 3.96. The van der Waals surface area contributed by atoms with Gasteiger partial charge < -0.3 is 5.32 Å². The first kappa shape index (κ1) is 23.2. The van der Waals surface area contributed by atoms with Gasteiger partial charge in [-0.25, -0.2) is 35.9 Å². The highest BCUT2D eigenvalue weighted by Crippen LogP contribution is 2.32. The Morgan fingerprint density at radius 3 is 2.48 bits per heavy atom. The van der Waals surface area contributed by atoms with E-state index >= 15 is 0 Å². The zero-order chi connectivity index (χ0) is 24.1. The van der Waals surface area contributed by atoms with Crippen LogP contribution in [0.15, 0.2) is 35.4 Å². The van der Waals surface area contributed by atoms with Gasteiger partial charge in [0.15, 0.2) is 0 Å². The second kappa shape index (κ2) is 8.41. The number of pyridine rings is 1. The number of hydrogen-bond acceptors (Lipinski definition) is 6. The number of benzene rings is 1. The number of aromatic nitrogens is 3. The minimum Gasteiger partial charge on any atom is -0.363 e. The van der Waals surface area contributed by atoms with E-state index in [0.717, 1.165) is 12.3 Å². The second-order valence-electron chi connectivity index (χ2n) is 8.12. The summed E-state index contributed by atoms with van der Waals surface area (Å²) in [6.45, 7) is 2.00. The number of fused-ring (bicyclic) bond motifs is 1. The van der Waals surface area contributed by atoms with Crippen molar-refractivity contribution < 1.29 is 21.6 Å². The Kier molecular flexibility index (Phi) is 5.91. The predicted octanol–water partition coefficient (Wildman–Crippen LogP) is 2.94. The summed E-state index contributed by atoms with van der Waals surface area (Å²) in [6.07, 6.45) is -0.582. The first-order valence-corrected chi connectivity index (χ1v) is 12.0. The van der Waals surface area contributed by atoms with Gasteiger partial charge in [0.05, 0.1) is 23.2 Å². The van der Waals surface area contributed by atoms with Gasteiger partial charge in [0, 0.05) is 37.2 Å². The van der Waals surface area contributed by atoms with Crippen molar-refractivity contribution >= 4 is 26.9 Å². The summed E-state index contributed by atoms with van der Waals surface area (Å²) in [5, 5.41) is 3.51. The van der Waals surface area contributed by atoms with Gasteiger partial charge in [0.2, 0.25) is 10.0 Å². The molecule has 1 aliphatic rings. The number of anilines is 1. The lowest BCUT2D eigenvalue weighted by atomic mass is 9.94. The number of halogens is 3. The van der Waals surface area contributed by atoms with Crippen LogP contribution >= 0.6 is 0 Å². The average Bonchev–Trinajstić information content (AvgIpc) is 2.69. The van der Waals surface area contributed by atoms with Crippen LogP contribution in [0.4, 0.5) is 19.0 Å². The molecule has 33 heavy (non-hydrogen) atoms. The molecule has 176 valence electrons. The summed E-state index contributed by atoms with van der Waals surface area (Å²) in [7, 11) is -1.79. The van der Waals surface area contributed by atoms with Crippen molar-refractivity contribution in [2.24, 2.45) is 7.05 Å². The summed E-state index contributed by atoms with van der Waals surface area (Å²) in [4.78, 5) is 21.3. The minimum atomic E-state index is -3.34. The highest BCUT2D eigenvalue weighted by Gasteiger charge is 2.36. The molecule has 1 aliphatic heterocycles. The second-order valence-corrected chi connectivity index (χ2v) is 10.1. The summed E-state index contributed by atoms with van der Waals surface area (Å²) >= 11 is 0. The molecule has 1 atom stereocenters. The smallest absolute Gasteiger partial charge is 0.266 e. The van der Waals surface area contributed by atoms with E-state index in [0.29, 0.717) is 22.4 Å². The Morgan fingerprint density at radius 2 is 1.85 bits per heavy atom. The van der Waals surface area contributed by atoms with Crippen molar-refractivity contribution in [1.29, 1.82) is 0 Å². The molecule has 0 aliphatic carbocycles. The monoisotopic (exact) mass is 481 g/mol. The van der Waals surface area contributed by atoms with Gasteiger partial charge in [-0.15, -0.1) is 0 Å². The third-order valence-corrected chi connectivity index (χ3v) is 7.14. The number of hydrogen-bond donors (Lipinski definition) is 1. The van der Waals surface area contributed by atoms with E-state index in [1.165, 1.54) is 27.3 Å². The highest BCUT2D eigenvalue weighted by molar-refractivity contribution is 7.88. The van der Waals surface area contributed by atoms with Crippen LogP contribution < -0.4 is 10.9 Å². The molecule has 12 heteroatoms. The Morgan fingerprint density at radius 1 is 1.18 bits per heavy atom. The number of nitrogens with zero attached hydrogens (tertiary/aromatic N) is 4. The van der Waals surface area contributed by atoms with Crippen molar-refractivity contribution in [2.45, 2.75) is 25.3 Å². The van der Waals surface area contributed by atoms with Crippen LogP contribution in [0.2, 0.25) is 0 Å². The molecule has 0 bridgehead atoms. The quantitative estimate of drug-likeness (QED) is 0.582. The fraction of sp³-hybridized carbons (Fsp3) is 0.381. The van der Waals surface area contributed by atoms with E-state index < -0.39 is 33.9 Å². The van der Waals surface area contributed by atoms with Gasteiger partial charge in [-0.3, -0.25) is 9.36 Å². The molecule has 0 radical (unpaired) electrons. The van der Waals surface area contributed by atoms with Crippen LogP contribution in [-0.4, -0.2) is 46.6 Å². The molecular formula is C21H22F3N5O3S. The molecule has 3 heterocycles. The predicted molar refractivity (Wildman–Crippen MR) is 117 cm³/mol. The van der Waals surface area contributed by atoms with Gasteiger partial charge in [-0.2, -0.15) is 0 Å². The molecule has 0 unspecified atom stereocenters. The van der Waals surface area contributed by atoms with Crippen LogP contribution in [0.5, 0.6) is 0 Å². The number of aryl methyl sites for hydroxylation is 1. The zero-order valence-corrected chi connectivity index (χ0v) is 18.9. The molecule has 1 fully saturated rings. The summed E-state index contributed by atoms with van der Waals surface area (Å²) in [6, 6.07) is 4.71. The van der Waals surface area contributed by atoms with Gasteiger partial charge in [-0.05, 0) is 13.0 Å². The van der Waals surface area contributed by atoms with Crippen LogP contribution in [0, 0.1) is 5.82 Å². The van der Waals surface area contributed by atoms with Crippen LogP contribution in [0.1, 0.15) is 42.0 Å². The normalized spacial score (nSPS) is 16.2. The van der Waals surface area contributed by atoms with E-state index in [2.05, 4.69) is 15.3 Å². The standard InChI is InChI=1S/C21H22F3N5O3S/c1-11(13-5-4-6-14(17(13)22)18(23)24)27-19-16-7-15(12-8-29(9-12)33(3,31)32)21(30)28(2)20(16)26-10-25-19/h4-7,10-12,18H,8-9H2,1-3H3,(H,25,26,27)/t11-/m1/s1. The van der Waals surface area contributed by atoms with Crippen LogP contribution in [-0.2, 0) is 17.1 Å². The first-order valence-electron chi connectivity index (χ1n) is 10.1. The van der Waals surface area contributed by atoms with E-state index in [1.807, 2.05) is 0 Å². The maximum atomic E-state index is 14.6. The zero-order valence-electron chi connectivity index (χ0n) is 18.1. The van der Waals surface area contributed by atoms with Crippen molar-refractivity contribution in [2.75, 3.05) is 24.7 Å². The Balaban J connectivity index is 1.72. The van der Waals surface area contributed by atoms with Crippen LogP contribution in [0.3, 0.4) is 0 Å². The number of alkyl halides is 2. The van der Waals surface area contributed by atoms with Gasteiger partial charge >= 0.3 is 0 Å². The highest BCUT2D eigenvalue weighted by atomic mass is 32.2. The molecule has 1 saturated heterocycles. The maximum Gasteiger partial charge on any atom is 0.266 e. The van der Waals surface area contributed by atoms with Crippen molar-refractivity contribution in [3.63, 3.8) is 0 Å². The van der Waals surface area contributed by atoms with Crippen LogP contribution in [0.25, 0.3) is 11.0 Å². The molecule has 8 nitrogen and oxygen atoms in total. The minimum absolute atomic E-state index is 0.0485. The van der Waals surface area contributed by atoms with E-state index in [1.54, 1.807) is 20.0 Å². The summed E-state index contributed by atoms with van der Waals surface area (Å²) in [5.41, 5.74) is -0.184. The molecule has 0 saturated carbocycles. The van der Waals surface area contributed by atoms with Gasteiger partial charge in [0.25, 0.3) is 12.0 Å². The lowest BCUT2D eigenvalue weighted by Crippen LogP contribution is -2.49. The van der Waals surface area contributed by atoms with Gasteiger partial charge in [0.1, 0.15) is 23.6 Å². The van der Waals surface area contributed by atoms with Crippen molar-refractivity contribution in [1.82, 2.24) is 18.8 Å².